The zero-order valence-corrected chi connectivity index (χ0v) is 15.9. The van der Waals surface area contributed by atoms with E-state index < -0.39 is 29.2 Å². The van der Waals surface area contributed by atoms with E-state index in [0.717, 1.165) is 29.2 Å². The summed E-state index contributed by atoms with van der Waals surface area (Å²) in [6, 6.07) is 13.2. The molecule has 0 fully saturated rings. The molecule has 0 atom stereocenters. The van der Waals surface area contributed by atoms with Gasteiger partial charge in [-0.15, -0.1) is 0 Å². The van der Waals surface area contributed by atoms with Gasteiger partial charge in [-0.25, -0.2) is 13.2 Å². The number of hydrogen-bond acceptors (Lipinski definition) is 0. The largest absolute Gasteiger partial charge is 0.422 e. The Balaban J connectivity index is 1.88. The number of aryl methyl sites for hydroxylation is 1. The van der Waals surface area contributed by atoms with E-state index in [1.807, 2.05) is 24.3 Å². The second-order valence-electron chi connectivity index (χ2n) is 7.24. The van der Waals surface area contributed by atoms with Crippen molar-refractivity contribution in [1.82, 2.24) is 0 Å². The summed E-state index contributed by atoms with van der Waals surface area (Å²) in [5.74, 6) is -4.33. The monoisotopic (exact) mass is 418 g/mol. The van der Waals surface area contributed by atoms with Gasteiger partial charge in [0.05, 0.1) is 0 Å². The number of hydrogen-bond donors (Lipinski definition) is 0. The van der Waals surface area contributed by atoms with E-state index in [1.54, 1.807) is 6.07 Å². The van der Waals surface area contributed by atoms with Crippen LogP contribution in [0.4, 0.5) is 26.3 Å². The van der Waals surface area contributed by atoms with E-state index in [1.165, 1.54) is 12.1 Å². The van der Waals surface area contributed by atoms with Gasteiger partial charge in [-0.3, -0.25) is 0 Å². The standard InChI is InChI=1S/C24H16F6/c1-2-3-13-4-7-17-14(8-13)5-6-15-9-19(20(25)12-18(15)17)16-10-21(26)23(22(27)11-16)24(28,29)30/h4-12H,2-3H2,1H3. The lowest BCUT2D eigenvalue weighted by Crippen LogP contribution is -2.11. The normalized spacial score (nSPS) is 12.1. The third-order valence-electron chi connectivity index (χ3n) is 5.16. The van der Waals surface area contributed by atoms with Gasteiger partial charge >= 0.3 is 6.18 Å². The fourth-order valence-electron chi connectivity index (χ4n) is 3.80. The van der Waals surface area contributed by atoms with E-state index >= 15 is 0 Å². The predicted molar refractivity (Wildman–Crippen MR) is 106 cm³/mol. The summed E-state index contributed by atoms with van der Waals surface area (Å²) in [7, 11) is 0. The molecule has 4 aromatic carbocycles. The molecule has 0 aliphatic rings. The average Bonchev–Trinajstić information content (AvgIpc) is 2.65. The van der Waals surface area contributed by atoms with Crippen molar-refractivity contribution < 1.29 is 26.3 Å². The molecule has 0 spiro atoms. The van der Waals surface area contributed by atoms with Crippen LogP contribution >= 0.6 is 0 Å². The minimum Gasteiger partial charge on any atom is -0.206 e. The van der Waals surface area contributed by atoms with Gasteiger partial charge in [0, 0.05) is 5.56 Å². The Labute approximate surface area is 168 Å². The van der Waals surface area contributed by atoms with Gasteiger partial charge in [-0.1, -0.05) is 43.7 Å². The molecule has 4 rings (SSSR count). The number of fused-ring (bicyclic) bond motifs is 3. The quantitative estimate of drug-likeness (QED) is 0.233. The third kappa shape index (κ3) is 3.51. The molecule has 30 heavy (non-hydrogen) atoms. The Kier molecular flexibility index (Phi) is 4.96. The van der Waals surface area contributed by atoms with Crippen LogP contribution in [0.5, 0.6) is 0 Å². The van der Waals surface area contributed by atoms with Crippen LogP contribution in [0.3, 0.4) is 0 Å². The molecule has 0 amide bonds. The molecule has 0 saturated carbocycles. The number of rotatable bonds is 3. The Morgan fingerprint density at radius 3 is 1.93 bits per heavy atom. The van der Waals surface area contributed by atoms with Crippen LogP contribution in [-0.2, 0) is 12.6 Å². The topological polar surface area (TPSA) is 0 Å². The van der Waals surface area contributed by atoms with E-state index in [4.69, 9.17) is 0 Å². The molecule has 0 saturated heterocycles. The molecular formula is C24H16F6. The molecule has 0 aliphatic carbocycles. The first-order chi connectivity index (χ1) is 14.2. The van der Waals surface area contributed by atoms with Gasteiger partial charge in [0.1, 0.15) is 23.0 Å². The summed E-state index contributed by atoms with van der Waals surface area (Å²) in [6.45, 7) is 2.08. The fraction of sp³-hybridized carbons (Fsp3) is 0.167. The molecule has 0 N–H and O–H groups in total. The summed E-state index contributed by atoms with van der Waals surface area (Å²) >= 11 is 0. The molecule has 6 heteroatoms. The average molecular weight is 418 g/mol. The molecular weight excluding hydrogens is 402 g/mol. The van der Waals surface area contributed by atoms with Crippen LogP contribution in [0.15, 0.2) is 54.6 Å². The minimum absolute atomic E-state index is 0.170. The first-order valence-corrected chi connectivity index (χ1v) is 9.40. The van der Waals surface area contributed by atoms with E-state index in [2.05, 4.69) is 6.92 Å². The molecule has 0 nitrogen and oxygen atoms in total. The number of benzene rings is 4. The molecule has 154 valence electrons. The van der Waals surface area contributed by atoms with Gasteiger partial charge in [0.15, 0.2) is 0 Å². The zero-order valence-electron chi connectivity index (χ0n) is 15.9. The predicted octanol–water partition coefficient (Wildman–Crippen LogP) is 8.05. The highest BCUT2D eigenvalue weighted by Crippen LogP contribution is 2.38. The van der Waals surface area contributed by atoms with Crippen molar-refractivity contribution in [2.45, 2.75) is 25.9 Å². The summed E-state index contributed by atoms with van der Waals surface area (Å²) in [6.07, 6.45) is -3.26. The molecule has 0 aromatic heterocycles. The van der Waals surface area contributed by atoms with Crippen molar-refractivity contribution >= 4 is 21.5 Å². The number of halogens is 6. The van der Waals surface area contributed by atoms with E-state index in [0.29, 0.717) is 22.9 Å². The smallest absolute Gasteiger partial charge is 0.206 e. The Hall–Kier alpha value is -3.02. The lowest BCUT2D eigenvalue weighted by molar-refractivity contribution is -0.142. The highest BCUT2D eigenvalue weighted by molar-refractivity contribution is 6.08. The molecule has 4 aromatic rings. The van der Waals surface area contributed by atoms with Crippen LogP contribution in [-0.4, -0.2) is 0 Å². The first-order valence-electron chi connectivity index (χ1n) is 9.40. The Bertz CT molecular complexity index is 1250. The molecule has 0 unspecified atom stereocenters. The van der Waals surface area contributed by atoms with Gasteiger partial charge in [-0.2, -0.15) is 13.2 Å². The summed E-state index contributed by atoms with van der Waals surface area (Å²) in [5.41, 5.74) is -1.29. The van der Waals surface area contributed by atoms with Crippen LogP contribution in [0, 0.1) is 17.5 Å². The summed E-state index contributed by atoms with van der Waals surface area (Å²) < 4.78 is 81.2. The minimum atomic E-state index is -5.18. The maximum atomic E-state index is 14.9. The van der Waals surface area contributed by atoms with Crippen LogP contribution in [0.2, 0.25) is 0 Å². The van der Waals surface area contributed by atoms with Crippen molar-refractivity contribution in [3.05, 3.63) is 83.2 Å². The second kappa shape index (κ2) is 7.35. The van der Waals surface area contributed by atoms with Gasteiger partial charge in [-0.05, 0) is 63.4 Å². The summed E-state index contributed by atoms with van der Waals surface area (Å²) in [4.78, 5) is 0. The molecule has 0 heterocycles. The zero-order chi connectivity index (χ0) is 21.6. The Morgan fingerprint density at radius 1 is 0.700 bits per heavy atom. The van der Waals surface area contributed by atoms with Crippen molar-refractivity contribution in [3.8, 4) is 11.1 Å². The molecule has 0 bridgehead atoms. The van der Waals surface area contributed by atoms with Crippen molar-refractivity contribution in [2.75, 3.05) is 0 Å². The number of alkyl halides is 3. The van der Waals surface area contributed by atoms with Gasteiger partial charge in [0.2, 0.25) is 0 Å². The van der Waals surface area contributed by atoms with Crippen LogP contribution in [0.25, 0.3) is 32.7 Å². The first kappa shape index (κ1) is 20.3. The third-order valence-corrected chi connectivity index (χ3v) is 5.16. The SMILES string of the molecule is CCCc1ccc2c(ccc3cc(-c4cc(F)c(C(F)(F)F)c(F)c4)c(F)cc32)c1. The van der Waals surface area contributed by atoms with Crippen molar-refractivity contribution in [3.63, 3.8) is 0 Å². The van der Waals surface area contributed by atoms with Crippen molar-refractivity contribution in [1.29, 1.82) is 0 Å². The van der Waals surface area contributed by atoms with Crippen LogP contribution < -0.4 is 0 Å². The second-order valence-corrected chi connectivity index (χ2v) is 7.24. The van der Waals surface area contributed by atoms with Crippen LogP contribution in [0.1, 0.15) is 24.5 Å². The van der Waals surface area contributed by atoms with Gasteiger partial charge < -0.3 is 0 Å². The lowest BCUT2D eigenvalue weighted by Gasteiger charge is -2.13. The molecule has 0 radical (unpaired) electrons. The summed E-state index contributed by atoms with van der Waals surface area (Å²) in [5, 5.41) is 2.99. The van der Waals surface area contributed by atoms with Gasteiger partial charge in [0.25, 0.3) is 0 Å². The maximum Gasteiger partial charge on any atom is 0.422 e. The van der Waals surface area contributed by atoms with E-state index in [-0.39, 0.29) is 11.1 Å². The highest BCUT2D eigenvalue weighted by Gasteiger charge is 2.38. The highest BCUT2D eigenvalue weighted by atomic mass is 19.4. The Morgan fingerprint density at radius 2 is 1.33 bits per heavy atom. The fourth-order valence-corrected chi connectivity index (χ4v) is 3.80. The van der Waals surface area contributed by atoms with Crippen molar-refractivity contribution in [2.24, 2.45) is 0 Å². The molecule has 0 aliphatic heterocycles. The lowest BCUT2D eigenvalue weighted by atomic mass is 9.95. The van der Waals surface area contributed by atoms with E-state index in [9.17, 15) is 26.3 Å². The maximum absolute atomic E-state index is 14.9.